The van der Waals surface area contributed by atoms with E-state index >= 15 is 0 Å². The number of primary amides is 1. The molecule has 0 bridgehead atoms. The van der Waals surface area contributed by atoms with Gasteiger partial charge in [0.1, 0.15) is 5.78 Å². The molecule has 59 heavy (non-hydrogen) atoms. The van der Waals surface area contributed by atoms with E-state index in [0.29, 0.717) is 61.2 Å². The highest BCUT2D eigenvalue weighted by Crippen LogP contribution is 2.37. The van der Waals surface area contributed by atoms with Crippen LogP contribution in [0.3, 0.4) is 0 Å². The van der Waals surface area contributed by atoms with Crippen molar-refractivity contribution in [2.75, 3.05) is 26.4 Å². The predicted octanol–water partition coefficient (Wildman–Crippen LogP) is 12.2. The van der Waals surface area contributed by atoms with E-state index in [4.69, 9.17) is 15.2 Å². The molecule has 2 fully saturated rings. The lowest BCUT2D eigenvalue weighted by atomic mass is 9.75. The van der Waals surface area contributed by atoms with Gasteiger partial charge < -0.3 is 15.2 Å². The van der Waals surface area contributed by atoms with E-state index in [2.05, 4.69) is 34.3 Å². The summed E-state index contributed by atoms with van der Waals surface area (Å²) in [5.74, 6) is 1.67. The highest BCUT2D eigenvalue weighted by Gasteiger charge is 2.29. The molecule has 0 heterocycles. The van der Waals surface area contributed by atoms with Crippen molar-refractivity contribution in [3.05, 3.63) is 48.0 Å². The number of nitrogens with two attached hydrogens (primary N) is 1. The second kappa shape index (κ2) is 28.8. The molecule has 0 radical (unpaired) electrons. The highest BCUT2D eigenvalue weighted by molar-refractivity contribution is 6.38. The zero-order valence-electron chi connectivity index (χ0n) is 38.2. The van der Waals surface area contributed by atoms with Crippen LogP contribution in [0.2, 0.25) is 0 Å². The predicted molar refractivity (Wildman–Crippen MR) is 242 cm³/mol. The van der Waals surface area contributed by atoms with Gasteiger partial charge in [0.2, 0.25) is 11.7 Å². The first-order valence-corrected chi connectivity index (χ1v) is 24.2. The van der Waals surface area contributed by atoms with E-state index in [0.717, 1.165) is 57.2 Å². The summed E-state index contributed by atoms with van der Waals surface area (Å²) in [6, 6.07) is 8.97. The molecule has 0 aromatic heterocycles. The molecule has 7 heteroatoms. The Morgan fingerprint density at radius 3 is 1.93 bits per heavy atom. The summed E-state index contributed by atoms with van der Waals surface area (Å²) in [4.78, 5) is 51.4. The molecular weight excluding hydrogens is 735 g/mol. The average Bonchev–Trinajstić information content (AvgIpc) is 3.25. The molecule has 2 aliphatic carbocycles. The third kappa shape index (κ3) is 19.3. The Hall–Kier alpha value is -2.64. The maximum absolute atomic E-state index is 13.4. The molecule has 334 valence electrons. The van der Waals surface area contributed by atoms with Gasteiger partial charge in [-0.25, -0.2) is 0 Å². The fourth-order valence-electron chi connectivity index (χ4n) is 9.92. The van der Waals surface area contributed by atoms with Crippen molar-refractivity contribution in [2.45, 2.75) is 182 Å². The summed E-state index contributed by atoms with van der Waals surface area (Å²) >= 11 is 0. The lowest BCUT2D eigenvalue weighted by Crippen LogP contribution is -2.27. The number of carbonyl (C=O) groups excluding carboxylic acids is 4. The summed E-state index contributed by atoms with van der Waals surface area (Å²) in [5, 5.41) is 0. The normalized spacial score (nSPS) is 18.5. The molecule has 6 atom stereocenters. The van der Waals surface area contributed by atoms with Gasteiger partial charge in [0.25, 0.3) is 0 Å². The number of ketones is 3. The van der Waals surface area contributed by atoms with Gasteiger partial charge in [0.05, 0.1) is 5.92 Å². The maximum atomic E-state index is 13.4. The molecule has 7 nitrogen and oxygen atoms in total. The number of amides is 1. The third-order valence-electron chi connectivity index (χ3n) is 14.3. The Morgan fingerprint density at radius 1 is 0.729 bits per heavy atom. The van der Waals surface area contributed by atoms with E-state index in [-0.39, 0.29) is 25.0 Å². The largest absolute Gasteiger partial charge is 0.381 e. The van der Waals surface area contributed by atoms with Crippen molar-refractivity contribution in [3.63, 3.8) is 0 Å². The number of rotatable bonds is 32. The fourth-order valence-corrected chi connectivity index (χ4v) is 9.92. The zero-order chi connectivity index (χ0) is 43.0. The molecule has 0 aliphatic heterocycles. The van der Waals surface area contributed by atoms with Crippen molar-refractivity contribution < 1.29 is 28.7 Å². The van der Waals surface area contributed by atoms with Gasteiger partial charge in [0.15, 0.2) is 5.78 Å². The average molecular weight is 820 g/mol. The number of hydrogen-bond acceptors (Lipinski definition) is 6. The monoisotopic (exact) mass is 820 g/mol. The summed E-state index contributed by atoms with van der Waals surface area (Å²) in [6.07, 6.45) is 21.7. The van der Waals surface area contributed by atoms with Crippen LogP contribution in [0.4, 0.5) is 0 Å². The van der Waals surface area contributed by atoms with Crippen LogP contribution in [0.5, 0.6) is 0 Å². The molecular formula is C52H85NO6. The molecule has 1 aromatic carbocycles. The van der Waals surface area contributed by atoms with E-state index in [1.807, 2.05) is 13.0 Å². The van der Waals surface area contributed by atoms with Gasteiger partial charge >= 0.3 is 0 Å². The van der Waals surface area contributed by atoms with Crippen molar-refractivity contribution in [3.8, 4) is 0 Å². The van der Waals surface area contributed by atoms with Crippen LogP contribution < -0.4 is 5.73 Å². The molecule has 2 aliphatic rings. The highest BCUT2D eigenvalue weighted by atomic mass is 16.5. The second-order valence-corrected chi connectivity index (χ2v) is 19.1. The minimum Gasteiger partial charge on any atom is -0.381 e. The molecule has 1 aromatic rings. The summed E-state index contributed by atoms with van der Waals surface area (Å²) < 4.78 is 13.0. The SMILES string of the molecule is C=C(CCC(C)C(C)C)C[C@H](COCCC(COCCC(CCC)C(=O)C(=O)CCC(=O)C[C@H](C(N)=O)c1ccccc1)C[C@H](CC)C1CCCCC1)C1CCCCC1. The third-order valence-corrected chi connectivity index (χ3v) is 14.3. The lowest BCUT2D eigenvalue weighted by molar-refractivity contribution is -0.140. The van der Waals surface area contributed by atoms with Gasteiger partial charge in [-0.05, 0) is 91.9 Å². The molecule has 0 spiro atoms. The summed E-state index contributed by atoms with van der Waals surface area (Å²) in [6.45, 7) is 18.6. The topological polar surface area (TPSA) is 113 Å². The first-order valence-electron chi connectivity index (χ1n) is 24.2. The molecule has 1 amide bonds. The van der Waals surface area contributed by atoms with Gasteiger partial charge in [-0.15, -0.1) is 0 Å². The smallest absolute Gasteiger partial charge is 0.225 e. The van der Waals surface area contributed by atoms with Gasteiger partial charge in [-0.1, -0.05) is 154 Å². The lowest BCUT2D eigenvalue weighted by Gasteiger charge is -2.33. The maximum Gasteiger partial charge on any atom is 0.225 e. The van der Waals surface area contributed by atoms with Crippen molar-refractivity contribution in [1.82, 2.24) is 0 Å². The molecule has 0 saturated heterocycles. The first kappa shape index (κ1) is 50.7. The van der Waals surface area contributed by atoms with Crippen molar-refractivity contribution in [2.24, 2.45) is 53.1 Å². The second-order valence-electron chi connectivity index (χ2n) is 19.1. The Morgan fingerprint density at radius 2 is 1.34 bits per heavy atom. The molecule has 3 rings (SSSR count). The molecule has 2 N–H and O–H groups in total. The minimum atomic E-state index is -0.748. The standard InChI is InChI=1S/C52H85NO6/c1-7-18-46(51(56)50(55)28-27-48(54)35-49(52(53)57)45-23-16-11-17-24-45)30-32-58-36-41(34-42(8-2)43-19-12-9-13-20-43)29-31-59-37-47(44-21-14-10-15-22-44)33-39(5)25-26-40(6)38(3)4/h11,16-17,23-24,38,40-44,46-47,49H,5,7-10,12-15,18-22,25-37H2,1-4,6H3,(H2,53,57)/t40?,41?,42-,46?,47+,49-/m0/s1. The van der Waals surface area contributed by atoms with Gasteiger partial charge in [-0.2, -0.15) is 0 Å². The fraction of sp³-hybridized carbons (Fsp3) is 0.769. The number of benzene rings is 1. The van der Waals surface area contributed by atoms with Crippen LogP contribution in [0, 0.1) is 47.3 Å². The number of Topliss-reactive ketones (excluding diaryl/α,β-unsaturated/α-hetero) is 3. The van der Waals surface area contributed by atoms with Crippen LogP contribution in [0.1, 0.15) is 187 Å². The summed E-state index contributed by atoms with van der Waals surface area (Å²) in [7, 11) is 0. The summed E-state index contributed by atoms with van der Waals surface area (Å²) in [5.41, 5.74) is 7.68. The quantitative estimate of drug-likeness (QED) is 0.0440. The van der Waals surface area contributed by atoms with E-state index < -0.39 is 29.3 Å². The first-order chi connectivity index (χ1) is 28.4. The minimum absolute atomic E-state index is 0.0757. The van der Waals surface area contributed by atoms with E-state index in [1.54, 1.807) is 24.3 Å². The van der Waals surface area contributed by atoms with Crippen molar-refractivity contribution in [1.29, 1.82) is 0 Å². The van der Waals surface area contributed by atoms with Crippen LogP contribution in [0.15, 0.2) is 42.5 Å². The van der Waals surface area contributed by atoms with Crippen LogP contribution >= 0.6 is 0 Å². The number of ether oxygens (including phenoxy) is 2. The number of hydrogen-bond donors (Lipinski definition) is 1. The Balaban J connectivity index is 1.54. The Bertz CT molecular complexity index is 1360. The van der Waals surface area contributed by atoms with Crippen LogP contribution in [-0.2, 0) is 28.7 Å². The molecule has 3 unspecified atom stereocenters. The Kier molecular flexibility index (Phi) is 24.8. The molecule has 2 saturated carbocycles. The van der Waals surface area contributed by atoms with Crippen LogP contribution in [0.25, 0.3) is 0 Å². The van der Waals surface area contributed by atoms with E-state index in [9.17, 15) is 19.2 Å². The number of allylic oxidation sites excluding steroid dienone is 1. The van der Waals surface area contributed by atoms with Gasteiger partial charge in [0, 0.05) is 51.6 Å². The van der Waals surface area contributed by atoms with Gasteiger partial charge in [-0.3, -0.25) is 19.2 Å². The van der Waals surface area contributed by atoms with Crippen molar-refractivity contribution >= 4 is 23.3 Å². The van der Waals surface area contributed by atoms with E-state index in [1.165, 1.54) is 82.6 Å². The zero-order valence-corrected chi connectivity index (χ0v) is 38.2. The number of carbonyl (C=O) groups is 4. The van der Waals surface area contributed by atoms with Crippen LogP contribution in [-0.4, -0.2) is 49.7 Å². The Labute approximate surface area is 360 Å².